The van der Waals surface area contributed by atoms with E-state index in [0.29, 0.717) is 42.4 Å². The first kappa shape index (κ1) is 16.0. The lowest BCUT2D eigenvalue weighted by molar-refractivity contribution is 0.0591. The summed E-state index contributed by atoms with van der Waals surface area (Å²) in [5, 5.41) is 9.36. The van der Waals surface area contributed by atoms with Crippen molar-refractivity contribution in [3.63, 3.8) is 0 Å². The summed E-state index contributed by atoms with van der Waals surface area (Å²) in [4.78, 5) is 2.10. The van der Waals surface area contributed by atoms with Crippen LogP contribution in [0.3, 0.4) is 0 Å². The number of hydrogen-bond donors (Lipinski definition) is 1. The molecule has 0 atom stereocenters. The number of nitriles is 1. The summed E-state index contributed by atoms with van der Waals surface area (Å²) < 4.78 is 15.8. The first-order chi connectivity index (χ1) is 10.7. The van der Waals surface area contributed by atoms with E-state index in [2.05, 4.69) is 11.0 Å². The van der Waals surface area contributed by atoms with Crippen molar-refractivity contribution in [3.05, 3.63) is 29.5 Å². The number of rotatable bonds is 5. The molecule has 1 aliphatic rings. The molecule has 6 nitrogen and oxygen atoms in total. The highest BCUT2D eigenvalue weighted by Gasteiger charge is 2.12. The topological polar surface area (TPSA) is 80.7 Å². The fourth-order valence-electron chi connectivity index (χ4n) is 2.36. The molecule has 0 aliphatic carbocycles. The Balaban J connectivity index is 2.20. The second-order valence-electron chi connectivity index (χ2n) is 5.01. The average Bonchev–Trinajstić information content (AvgIpc) is 2.56. The van der Waals surface area contributed by atoms with Crippen molar-refractivity contribution in [2.45, 2.75) is 6.42 Å². The van der Waals surface area contributed by atoms with Gasteiger partial charge in [0.15, 0.2) is 0 Å². The summed E-state index contributed by atoms with van der Waals surface area (Å²) >= 11 is 0. The molecule has 2 N–H and O–H groups in total. The monoisotopic (exact) mass is 303 g/mol. The van der Waals surface area contributed by atoms with Gasteiger partial charge < -0.3 is 24.8 Å². The van der Waals surface area contributed by atoms with Gasteiger partial charge in [0.05, 0.1) is 33.5 Å². The predicted octanol–water partition coefficient (Wildman–Crippen LogP) is 1.57. The van der Waals surface area contributed by atoms with Crippen molar-refractivity contribution in [1.82, 2.24) is 4.90 Å². The summed E-state index contributed by atoms with van der Waals surface area (Å²) in [5.74, 6) is 1.11. The molecule has 1 fully saturated rings. The van der Waals surface area contributed by atoms with E-state index in [1.165, 1.54) is 0 Å². The Morgan fingerprint density at radius 2 is 1.91 bits per heavy atom. The van der Waals surface area contributed by atoms with Gasteiger partial charge in [-0.1, -0.05) is 0 Å². The average molecular weight is 303 g/mol. The van der Waals surface area contributed by atoms with Crippen LogP contribution in [0.2, 0.25) is 0 Å². The Hall–Kier alpha value is -2.39. The number of hydrogen-bond acceptors (Lipinski definition) is 6. The molecule has 0 unspecified atom stereocenters. The Bertz CT molecular complexity index is 562. The summed E-state index contributed by atoms with van der Waals surface area (Å²) in [6.07, 6.45) is 2.40. The van der Waals surface area contributed by atoms with Crippen molar-refractivity contribution >= 4 is 5.69 Å². The summed E-state index contributed by atoms with van der Waals surface area (Å²) in [7, 11) is 3.12. The van der Waals surface area contributed by atoms with Crippen LogP contribution in [-0.4, -0.2) is 45.4 Å². The van der Waals surface area contributed by atoms with Gasteiger partial charge in [0.1, 0.15) is 17.2 Å². The van der Waals surface area contributed by atoms with E-state index in [9.17, 15) is 5.26 Å². The zero-order chi connectivity index (χ0) is 15.9. The minimum atomic E-state index is 0.462. The van der Waals surface area contributed by atoms with Crippen LogP contribution in [0.15, 0.2) is 23.9 Å². The molecule has 2 rings (SSSR count). The number of nitrogens with zero attached hydrogens (tertiary/aromatic N) is 2. The molecule has 0 amide bonds. The smallest absolute Gasteiger partial charge is 0.145 e. The second kappa shape index (κ2) is 7.57. The molecular weight excluding hydrogens is 282 g/mol. The minimum Gasteiger partial charge on any atom is -0.494 e. The largest absolute Gasteiger partial charge is 0.494 e. The molecule has 0 spiro atoms. The van der Waals surface area contributed by atoms with E-state index in [0.717, 1.165) is 18.7 Å². The summed E-state index contributed by atoms with van der Waals surface area (Å²) in [5.41, 5.74) is 7.99. The third kappa shape index (κ3) is 3.83. The van der Waals surface area contributed by atoms with E-state index in [4.69, 9.17) is 19.9 Å². The van der Waals surface area contributed by atoms with Gasteiger partial charge in [0.25, 0.3) is 0 Å². The Morgan fingerprint density at radius 1 is 1.32 bits per heavy atom. The van der Waals surface area contributed by atoms with Crippen molar-refractivity contribution in [1.29, 1.82) is 5.26 Å². The van der Waals surface area contributed by atoms with Gasteiger partial charge in [-0.15, -0.1) is 0 Å². The number of ether oxygens (including phenoxy) is 3. The standard InChI is InChI=1S/C16H21N3O3/c1-20-14-8-12(9-15(21-2)16(14)18)7-13(10-17)11-19-3-5-22-6-4-19/h8-9,11H,3-7,18H2,1-2H3. The molecule has 0 saturated carbocycles. The van der Waals surface area contributed by atoms with E-state index in [1.54, 1.807) is 14.2 Å². The number of methoxy groups -OCH3 is 2. The van der Waals surface area contributed by atoms with Gasteiger partial charge in [-0.2, -0.15) is 5.26 Å². The molecular formula is C16H21N3O3. The summed E-state index contributed by atoms with van der Waals surface area (Å²) in [6, 6.07) is 5.92. The molecule has 1 aromatic rings. The van der Waals surface area contributed by atoms with Crippen LogP contribution in [0.25, 0.3) is 0 Å². The second-order valence-corrected chi connectivity index (χ2v) is 5.01. The highest BCUT2D eigenvalue weighted by atomic mass is 16.5. The third-order valence-corrected chi connectivity index (χ3v) is 3.53. The Labute approximate surface area is 130 Å². The normalized spacial score (nSPS) is 15.3. The molecule has 1 aromatic carbocycles. The SMILES string of the molecule is COc1cc(CC(C#N)=CN2CCOCC2)cc(OC)c1N. The molecule has 0 bridgehead atoms. The van der Waals surface area contributed by atoms with Crippen LogP contribution in [0.4, 0.5) is 5.69 Å². The van der Waals surface area contributed by atoms with Crippen molar-refractivity contribution in [2.75, 3.05) is 46.3 Å². The first-order valence-electron chi connectivity index (χ1n) is 7.11. The van der Waals surface area contributed by atoms with Crippen molar-refractivity contribution < 1.29 is 14.2 Å². The fraction of sp³-hybridized carbons (Fsp3) is 0.438. The van der Waals surface area contributed by atoms with Crippen molar-refractivity contribution in [2.24, 2.45) is 0 Å². The molecule has 1 heterocycles. The van der Waals surface area contributed by atoms with Crippen LogP contribution >= 0.6 is 0 Å². The molecule has 6 heteroatoms. The van der Waals surface area contributed by atoms with Gasteiger partial charge in [-0.3, -0.25) is 0 Å². The van der Waals surface area contributed by atoms with Crippen LogP contribution in [0.5, 0.6) is 11.5 Å². The summed E-state index contributed by atoms with van der Waals surface area (Å²) in [6.45, 7) is 3.00. The number of nitrogen functional groups attached to an aromatic ring is 1. The number of nitrogens with two attached hydrogens (primary N) is 1. The number of anilines is 1. The van der Waals surface area contributed by atoms with Crippen LogP contribution in [-0.2, 0) is 11.2 Å². The van der Waals surface area contributed by atoms with Gasteiger partial charge in [-0.25, -0.2) is 0 Å². The maximum Gasteiger partial charge on any atom is 0.145 e. The highest BCUT2D eigenvalue weighted by Crippen LogP contribution is 2.33. The Kier molecular flexibility index (Phi) is 5.50. The van der Waals surface area contributed by atoms with Gasteiger partial charge in [0, 0.05) is 31.3 Å². The Morgan fingerprint density at radius 3 is 2.41 bits per heavy atom. The van der Waals surface area contributed by atoms with Crippen LogP contribution in [0, 0.1) is 11.3 Å². The molecule has 22 heavy (non-hydrogen) atoms. The van der Waals surface area contributed by atoms with Gasteiger partial charge in [-0.05, 0) is 17.7 Å². The zero-order valence-electron chi connectivity index (χ0n) is 13.0. The quantitative estimate of drug-likeness (QED) is 0.657. The first-order valence-corrected chi connectivity index (χ1v) is 7.11. The van der Waals surface area contributed by atoms with Crippen molar-refractivity contribution in [3.8, 4) is 17.6 Å². The number of allylic oxidation sites excluding steroid dienone is 1. The molecule has 0 radical (unpaired) electrons. The van der Waals surface area contributed by atoms with E-state index in [-0.39, 0.29) is 0 Å². The van der Waals surface area contributed by atoms with Gasteiger partial charge in [0.2, 0.25) is 0 Å². The lowest BCUT2D eigenvalue weighted by atomic mass is 10.0. The lowest BCUT2D eigenvalue weighted by Gasteiger charge is -2.25. The number of morpholine rings is 1. The van der Waals surface area contributed by atoms with Crippen LogP contribution < -0.4 is 15.2 Å². The predicted molar refractivity (Wildman–Crippen MR) is 83.8 cm³/mol. The van der Waals surface area contributed by atoms with E-state index >= 15 is 0 Å². The van der Waals surface area contributed by atoms with Gasteiger partial charge >= 0.3 is 0 Å². The number of benzene rings is 1. The molecule has 1 saturated heterocycles. The highest BCUT2D eigenvalue weighted by molar-refractivity contribution is 5.64. The lowest BCUT2D eigenvalue weighted by Crippen LogP contribution is -2.32. The molecule has 1 aliphatic heterocycles. The van der Waals surface area contributed by atoms with E-state index in [1.807, 2.05) is 18.3 Å². The third-order valence-electron chi connectivity index (χ3n) is 3.53. The molecule has 118 valence electrons. The zero-order valence-corrected chi connectivity index (χ0v) is 13.0. The molecule has 0 aromatic heterocycles. The maximum absolute atomic E-state index is 9.36. The minimum absolute atomic E-state index is 0.462. The van der Waals surface area contributed by atoms with Crippen LogP contribution in [0.1, 0.15) is 5.56 Å². The fourth-order valence-corrected chi connectivity index (χ4v) is 2.36. The van der Waals surface area contributed by atoms with E-state index < -0.39 is 0 Å². The maximum atomic E-state index is 9.36.